The van der Waals surface area contributed by atoms with Crippen molar-refractivity contribution in [2.24, 2.45) is 7.05 Å². The Bertz CT molecular complexity index is 1000. The SMILES string of the molecule is Cc1nc(-c2cnn(C)c2)sc1C(=O)Nc1ccc(C(C)(C)C(=O)O)cc1. The number of thiazole rings is 1. The minimum atomic E-state index is -0.991. The third-order valence-corrected chi connectivity index (χ3v) is 5.56. The molecule has 3 aromatic rings. The predicted octanol–water partition coefficient (Wildman–Crippen LogP) is 3.47. The fourth-order valence-corrected chi connectivity index (χ4v) is 3.48. The number of aromatic nitrogens is 3. The number of carboxylic acid groups (broad SMARTS) is 1. The molecule has 0 radical (unpaired) electrons. The molecular weight excluding hydrogens is 364 g/mol. The maximum Gasteiger partial charge on any atom is 0.313 e. The second-order valence-electron chi connectivity index (χ2n) is 6.80. The van der Waals surface area contributed by atoms with Gasteiger partial charge < -0.3 is 10.4 Å². The number of carbonyl (C=O) groups is 2. The topological polar surface area (TPSA) is 97.1 Å². The molecule has 140 valence electrons. The molecule has 0 unspecified atom stereocenters. The highest BCUT2D eigenvalue weighted by Crippen LogP contribution is 2.29. The summed E-state index contributed by atoms with van der Waals surface area (Å²) in [5.74, 6) is -1.15. The van der Waals surface area contributed by atoms with E-state index in [2.05, 4.69) is 15.4 Å². The van der Waals surface area contributed by atoms with Crippen molar-refractivity contribution >= 4 is 28.9 Å². The van der Waals surface area contributed by atoms with Crippen LogP contribution in [-0.4, -0.2) is 31.7 Å². The summed E-state index contributed by atoms with van der Waals surface area (Å²) in [6, 6.07) is 6.83. The van der Waals surface area contributed by atoms with Crippen LogP contribution in [0.3, 0.4) is 0 Å². The minimum absolute atomic E-state index is 0.245. The summed E-state index contributed by atoms with van der Waals surface area (Å²) >= 11 is 1.31. The number of nitrogens with zero attached hydrogens (tertiary/aromatic N) is 3. The molecule has 0 aliphatic rings. The maximum absolute atomic E-state index is 12.6. The molecule has 1 aromatic carbocycles. The summed E-state index contributed by atoms with van der Waals surface area (Å²) in [7, 11) is 1.83. The van der Waals surface area contributed by atoms with Crippen LogP contribution < -0.4 is 5.32 Å². The molecule has 0 spiro atoms. The van der Waals surface area contributed by atoms with Gasteiger partial charge in [-0.15, -0.1) is 11.3 Å². The van der Waals surface area contributed by atoms with Crippen LogP contribution in [0.15, 0.2) is 36.7 Å². The van der Waals surface area contributed by atoms with Crippen LogP contribution in [0, 0.1) is 6.92 Å². The number of benzene rings is 1. The molecule has 3 rings (SSSR count). The highest BCUT2D eigenvalue weighted by molar-refractivity contribution is 7.17. The number of hydrogen-bond donors (Lipinski definition) is 2. The smallest absolute Gasteiger partial charge is 0.313 e. The van der Waals surface area contributed by atoms with Gasteiger partial charge in [0, 0.05) is 24.5 Å². The van der Waals surface area contributed by atoms with Gasteiger partial charge in [0.1, 0.15) is 9.88 Å². The molecule has 27 heavy (non-hydrogen) atoms. The number of hydrogen-bond acceptors (Lipinski definition) is 5. The van der Waals surface area contributed by atoms with Crippen LogP contribution in [0.5, 0.6) is 0 Å². The van der Waals surface area contributed by atoms with E-state index in [1.165, 1.54) is 11.3 Å². The quantitative estimate of drug-likeness (QED) is 0.702. The Kier molecular flexibility index (Phi) is 4.84. The van der Waals surface area contributed by atoms with Crippen molar-refractivity contribution in [3.8, 4) is 10.6 Å². The van der Waals surface area contributed by atoms with Crippen LogP contribution in [0.2, 0.25) is 0 Å². The summed E-state index contributed by atoms with van der Waals surface area (Å²) in [6.45, 7) is 5.08. The Morgan fingerprint density at radius 3 is 2.44 bits per heavy atom. The van der Waals surface area contributed by atoms with Gasteiger partial charge in [0.25, 0.3) is 5.91 Å². The van der Waals surface area contributed by atoms with E-state index in [-0.39, 0.29) is 5.91 Å². The first-order valence-corrected chi connectivity index (χ1v) is 9.12. The van der Waals surface area contributed by atoms with E-state index >= 15 is 0 Å². The van der Waals surface area contributed by atoms with Crippen molar-refractivity contribution in [3.05, 3.63) is 52.8 Å². The summed E-state index contributed by atoms with van der Waals surface area (Å²) < 4.78 is 1.69. The second-order valence-corrected chi connectivity index (χ2v) is 7.80. The average molecular weight is 384 g/mol. The highest BCUT2D eigenvalue weighted by Gasteiger charge is 2.29. The number of carboxylic acids is 1. The molecule has 2 heterocycles. The summed E-state index contributed by atoms with van der Waals surface area (Å²) in [4.78, 5) is 29.0. The van der Waals surface area contributed by atoms with E-state index in [4.69, 9.17) is 0 Å². The number of aryl methyl sites for hydroxylation is 2. The monoisotopic (exact) mass is 384 g/mol. The zero-order valence-electron chi connectivity index (χ0n) is 15.5. The van der Waals surface area contributed by atoms with E-state index < -0.39 is 11.4 Å². The van der Waals surface area contributed by atoms with Crippen molar-refractivity contribution in [1.82, 2.24) is 14.8 Å². The van der Waals surface area contributed by atoms with Gasteiger partial charge in [0.15, 0.2) is 0 Å². The first kappa shape index (κ1) is 18.8. The molecule has 0 bridgehead atoms. The van der Waals surface area contributed by atoms with E-state index in [1.807, 2.05) is 13.2 Å². The fourth-order valence-electron chi connectivity index (χ4n) is 2.54. The number of anilines is 1. The zero-order valence-corrected chi connectivity index (χ0v) is 16.3. The number of nitrogens with one attached hydrogen (secondary N) is 1. The van der Waals surface area contributed by atoms with Crippen molar-refractivity contribution in [3.63, 3.8) is 0 Å². The normalized spacial score (nSPS) is 11.4. The van der Waals surface area contributed by atoms with Crippen LogP contribution in [0.4, 0.5) is 5.69 Å². The molecule has 1 amide bonds. The molecule has 0 atom stereocenters. The van der Waals surface area contributed by atoms with Crippen LogP contribution in [0.25, 0.3) is 10.6 Å². The fraction of sp³-hybridized carbons (Fsp3) is 0.263. The standard InChI is InChI=1S/C19H20N4O3S/c1-11-15(27-17(21-11)12-9-20-23(4)10-12)16(24)22-14-7-5-13(6-8-14)19(2,3)18(25)26/h5-10H,1-4H3,(H,22,24)(H,25,26). The number of rotatable bonds is 5. The lowest BCUT2D eigenvalue weighted by Gasteiger charge is -2.19. The lowest BCUT2D eigenvalue weighted by atomic mass is 9.85. The molecule has 2 aromatic heterocycles. The van der Waals surface area contributed by atoms with Crippen molar-refractivity contribution in [2.45, 2.75) is 26.2 Å². The molecular formula is C19H20N4O3S. The van der Waals surface area contributed by atoms with E-state index in [0.29, 0.717) is 21.8 Å². The summed E-state index contributed by atoms with van der Waals surface area (Å²) in [5, 5.41) is 17.0. The Morgan fingerprint density at radius 1 is 1.22 bits per heavy atom. The molecule has 8 heteroatoms. The van der Waals surface area contributed by atoms with Gasteiger partial charge in [-0.1, -0.05) is 12.1 Å². The molecule has 0 aliphatic carbocycles. The molecule has 7 nitrogen and oxygen atoms in total. The Hall–Kier alpha value is -3.00. The van der Waals surface area contributed by atoms with Gasteiger partial charge in [0.05, 0.1) is 17.3 Å². The van der Waals surface area contributed by atoms with Crippen molar-refractivity contribution < 1.29 is 14.7 Å². The second kappa shape index (κ2) is 6.96. The third-order valence-electron chi connectivity index (χ3n) is 4.35. The molecule has 2 N–H and O–H groups in total. The van der Waals surface area contributed by atoms with Gasteiger partial charge in [-0.3, -0.25) is 14.3 Å². The molecule has 0 fully saturated rings. The third kappa shape index (κ3) is 3.75. The largest absolute Gasteiger partial charge is 0.481 e. The number of amides is 1. The van der Waals surface area contributed by atoms with E-state index in [0.717, 1.165) is 10.6 Å². The molecule has 0 saturated heterocycles. The summed E-state index contributed by atoms with van der Waals surface area (Å²) in [5.41, 5.74) is 1.79. The molecule has 0 aliphatic heterocycles. The first-order valence-electron chi connectivity index (χ1n) is 8.30. The van der Waals surface area contributed by atoms with Gasteiger partial charge in [-0.05, 0) is 38.5 Å². The Morgan fingerprint density at radius 2 is 1.89 bits per heavy atom. The van der Waals surface area contributed by atoms with E-state index in [9.17, 15) is 14.7 Å². The Labute approximate surface area is 160 Å². The van der Waals surface area contributed by atoms with Gasteiger partial charge >= 0.3 is 5.97 Å². The van der Waals surface area contributed by atoms with Crippen LogP contribution >= 0.6 is 11.3 Å². The van der Waals surface area contributed by atoms with Crippen molar-refractivity contribution in [1.29, 1.82) is 0 Å². The maximum atomic E-state index is 12.6. The Balaban J connectivity index is 1.78. The van der Waals surface area contributed by atoms with Gasteiger partial charge in [-0.2, -0.15) is 5.10 Å². The lowest BCUT2D eigenvalue weighted by Crippen LogP contribution is -2.28. The number of aliphatic carboxylic acids is 1. The zero-order chi connectivity index (χ0) is 19.8. The van der Waals surface area contributed by atoms with Crippen LogP contribution in [-0.2, 0) is 17.3 Å². The lowest BCUT2D eigenvalue weighted by molar-refractivity contribution is -0.142. The average Bonchev–Trinajstić information content (AvgIpc) is 3.21. The van der Waals surface area contributed by atoms with E-state index in [1.54, 1.807) is 55.9 Å². The number of carbonyl (C=O) groups excluding carboxylic acids is 1. The minimum Gasteiger partial charge on any atom is -0.481 e. The predicted molar refractivity (Wildman–Crippen MR) is 104 cm³/mol. The van der Waals surface area contributed by atoms with Crippen molar-refractivity contribution in [2.75, 3.05) is 5.32 Å². The van der Waals surface area contributed by atoms with Crippen LogP contribution in [0.1, 0.15) is 34.8 Å². The van der Waals surface area contributed by atoms with Gasteiger partial charge in [0.2, 0.25) is 0 Å². The van der Waals surface area contributed by atoms with Gasteiger partial charge in [-0.25, -0.2) is 4.98 Å². The molecule has 0 saturated carbocycles. The first-order chi connectivity index (χ1) is 12.7. The summed E-state index contributed by atoms with van der Waals surface area (Å²) in [6.07, 6.45) is 3.56. The highest BCUT2D eigenvalue weighted by atomic mass is 32.1.